The van der Waals surface area contributed by atoms with Gasteiger partial charge in [-0.05, 0) is 45.0 Å². The van der Waals surface area contributed by atoms with Crippen LogP contribution in [0, 0.1) is 6.92 Å². The Morgan fingerprint density at radius 2 is 2.16 bits per heavy atom. The van der Waals surface area contributed by atoms with Crippen molar-refractivity contribution in [3.05, 3.63) is 40.7 Å². The molecule has 0 atom stereocenters. The van der Waals surface area contributed by atoms with Crippen LogP contribution in [0.25, 0.3) is 10.2 Å². The first kappa shape index (κ1) is 16.2. The second-order valence-electron chi connectivity index (χ2n) is 6.21. The molecule has 3 aromatic rings. The lowest BCUT2D eigenvalue weighted by Crippen LogP contribution is -2.30. The van der Waals surface area contributed by atoms with Gasteiger partial charge in [0.05, 0.1) is 28.5 Å². The van der Waals surface area contributed by atoms with Gasteiger partial charge in [0.25, 0.3) is 5.91 Å². The number of hydrogen-bond donors (Lipinski definition) is 2. The zero-order valence-corrected chi connectivity index (χ0v) is 14.8. The number of aromatic nitrogens is 4. The molecule has 1 saturated heterocycles. The maximum Gasteiger partial charge on any atom is 0.274 e. The fraction of sp³-hybridized carbons (Fsp3) is 0.412. The van der Waals surface area contributed by atoms with E-state index in [1.54, 1.807) is 11.3 Å². The summed E-state index contributed by atoms with van der Waals surface area (Å²) in [5.74, 6) is -0.197. The quantitative estimate of drug-likeness (QED) is 0.747. The molecule has 1 aromatic carbocycles. The van der Waals surface area contributed by atoms with E-state index < -0.39 is 0 Å². The number of nitrogens with zero attached hydrogens (tertiary/aromatic N) is 4. The van der Waals surface area contributed by atoms with E-state index in [1.165, 1.54) is 0 Å². The van der Waals surface area contributed by atoms with Gasteiger partial charge in [-0.25, -0.2) is 9.67 Å². The number of carbonyl (C=O) groups is 1. The molecule has 0 bridgehead atoms. The molecule has 7 nitrogen and oxygen atoms in total. The van der Waals surface area contributed by atoms with Crippen molar-refractivity contribution in [2.45, 2.75) is 32.4 Å². The van der Waals surface area contributed by atoms with Gasteiger partial charge in [0.1, 0.15) is 5.01 Å². The van der Waals surface area contributed by atoms with Crippen LogP contribution < -0.4 is 10.6 Å². The van der Waals surface area contributed by atoms with Gasteiger partial charge in [-0.15, -0.1) is 16.4 Å². The highest BCUT2D eigenvalue weighted by Gasteiger charge is 2.22. The second-order valence-corrected chi connectivity index (χ2v) is 7.32. The molecule has 0 radical (unpaired) electrons. The Balaban J connectivity index is 1.45. The molecule has 0 saturated carbocycles. The highest BCUT2D eigenvalue weighted by atomic mass is 32.1. The predicted octanol–water partition coefficient (Wildman–Crippen LogP) is 2.05. The first-order valence-electron chi connectivity index (χ1n) is 8.47. The number of amides is 1. The van der Waals surface area contributed by atoms with Gasteiger partial charge in [-0.3, -0.25) is 4.79 Å². The molecule has 0 aliphatic carbocycles. The number of hydrogen-bond acceptors (Lipinski definition) is 6. The summed E-state index contributed by atoms with van der Waals surface area (Å²) in [6, 6.07) is 8.29. The molecule has 4 rings (SSSR count). The van der Waals surface area contributed by atoms with Crippen LogP contribution in [0.3, 0.4) is 0 Å². The molecule has 3 heterocycles. The number of thiazole rings is 1. The fourth-order valence-electron chi connectivity index (χ4n) is 3.18. The van der Waals surface area contributed by atoms with Crippen LogP contribution in [0.15, 0.2) is 24.3 Å². The number of para-hydroxylation sites is 1. The second kappa shape index (κ2) is 6.89. The molecule has 8 heteroatoms. The monoisotopic (exact) mass is 356 g/mol. The molecular weight excluding hydrogens is 336 g/mol. The van der Waals surface area contributed by atoms with Crippen LogP contribution in [0.1, 0.15) is 40.1 Å². The topological polar surface area (TPSA) is 84.7 Å². The Morgan fingerprint density at radius 3 is 2.96 bits per heavy atom. The molecule has 1 aliphatic rings. The Hall–Kier alpha value is -2.32. The molecule has 0 spiro atoms. The largest absolute Gasteiger partial charge is 0.344 e. The molecule has 1 aliphatic heterocycles. The molecule has 2 N–H and O–H groups in total. The Kier molecular flexibility index (Phi) is 4.46. The summed E-state index contributed by atoms with van der Waals surface area (Å²) in [5, 5.41) is 15.5. The number of rotatable bonds is 4. The van der Waals surface area contributed by atoms with Crippen LogP contribution in [0.5, 0.6) is 0 Å². The first-order chi connectivity index (χ1) is 12.2. The molecule has 1 fully saturated rings. The Labute approximate surface area is 149 Å². The van der Waals surface area contributed by atoms with E-state index in [4.69, 9.17) is 0 Å². The summed E-state index contributed by atoms with van der Waals surface area (Å²) in [5.41, 5.74) is 2.19. The average molecular weight is 356 g/mol. The van der Waals surface area contributed by atoms with E-state index in [0.717, 1.165) is 46.8 Å². The lowest BCUT2D eigenvalue weighted by atomic mass is 10.1. The van der Waals surface area contributed by atoms with Crippen molar-refractivity contribution in [2.24, 2.45) is 0 Å². The van der Waals surface area contributed by atoms with Crippen molar-refractivity contribution in [1.29, 1.82) is 0 Å². The van der Waals surface area contributed by atoms with Crippen molar-refractivity contribution in [3.63, 3.8) is 0 Å². The minimum Gasteiger partial charge on any atom is -0.344 e. The highest BCUT2D eigenvalue weighted by Crippen LogP contribution is 2.22. The zero-order valence-electron chi connectivity index (χ0n) is 14.0. The lowest BCUT2D eigenvalue weighted by molar-refractivity contribution is 0.0945. The van der Waals surface area contributed by atoms with Crippen molar-refractivity contribution in [3.8, 4) is 0 Å². The van der Waals surface area contributed by atoms with Crippen molar-refractivity contribution >= 4 is 27.5 Å². The maximum absolute atomic E-state index is 12.5. The SMILES string of the molecule is Cc1c(C(=O)NCc2nc3ccccc3s2)nnn1C1CCNCC1. The average Bonchev–Trinajstić information content (AvgIpc) is 3.23. The van der Waals surface area contributed by atoms with Crippen LogP contribution in [-0.2, 0) is 6.54 Å². The molecule has 25 heavy (non-hydrogen) atoms. The number of benzene rings is 1. The van der Waals surface area contributed by atoms with Crippen LogP contribution in [0.2, 0.25) is 0 Å². The van der Waals surface area contributed by atoms with E-state index in [-0.39, 0.29) is 5.91 Å². The molecule has 0 unspecified atom stereocenters. The predicted molar refractivity (Wildman–Crippen MR) is 96.7 cm³/mol. The van der Waals surface area contributed by atoms with Crippen LogP contribution in [0.4, 0.5) is 0 Å². The maximum atomic E-state index is 12.5. The lowest BCUT2D eigenvalue weighted by Gasteiger charge is -2.23. The number of piperidine rings is 1. The standard InChI is InChI=1S/C17H20N6OS/c1-11-16(21-22-23(11)12-6-8-18-9-7-12)17(24)19-10-15-20-13-4-2-3-5-14(13)25-15/h2-5,12,18H,6-10H2,1H3,(H,19,24). The molecule has 2 aromatic heterocycles. The zero-order chi connectivity index (χ0) is 17.2. The third-order valence-electron chi connectivity index (χ3n) is 4.54. The van der Waals surface area contributed by atoms with Crippen LogP contribution in [-0.4, -0.2) is 39.0 Å². The molecule has 130 valence electrons. The van der Waals surface area contributed by atoms with Gasteiger partial charge in [0.2, 0.25) is 0 Å². The normalized spacial score (nSPS) is 15.6. The summed E-state index contributed by atoms with van der Waals surface area (Å²) >= 11 is 1.59. The van der Waals surface area contributed by atoms with Crippen molar-refractivity contribution in [1.82, 2.24) is 30.6 Å². The van der Waals surface area contributed by atoms with Gasteiger partial charge in [-0.2, -0.15) is 0 Å². The van der Waals surface area contributed by atoms with Crippen LogP contribution >= 0.6 is 11.3 Å². The molecule has 1 amide bonds. The number of carbonyl (C=O) groups excluding carboxylic acids is 1. The Morgan fingerprint density at radius 1 is 1.36 bits per heavy atom. The van der Waals surface area contributed by atoms with Crippen molar-refractivity contribution in [2.75, 3.05) is 13.1 Å². The Bertz CT molecular complexity index is 863. The third kappa shape index (κ3) is 3.27. The van der Waals surface area contributed by atoms with Crippen molar-refractivity contribution < 1.29 is 4.79 Å². The van der Waals surface area contributed by atoms with Gasteiger partial charge in [0, 0.05) is 0 Å². The summed E-state index contributed by atoms with van der Waals surface area (Å²) in [7, 11) is 0. The number of fused-ring (bicyclic) bond motifs is 1. The summed E-state index contributed by atoms with van der Waals surface area (Å²) < 4.78 is 3.02. The van der Waals surface area contributed by atoms with E-state index in [9.17, 15) is 4.79 Å². The molecular formula is C17H20N6OS. The number of nitrogens with one attached hydrogen (secondary N) is 2. The van der Waals surface area contributed by atoms with E-state index in [0.29, 0.717) is 18.3 Å². The highest BCUT2D eigenvalue weighted by molar-refractivity contribution is 7.18. The fourth-order valence-corrected chi connectivity index (χ4v) is 4.09. The summed E-state index contributed by atoms with van der Waals surface area (Å²) in [4.78, 5) is 17.0. The van der Waals surface area contributed by atoms with Gasteiger partial charge < -0.3 is 10.6 Å². The van der Waals surface area contributed by atoms with Gasteiger partial charge >= 0.3 is 0 Å². The third-order valence-corrected chi connectivity index (χ3v) is 5.57. The van der Waals surface area contributed by atoms with E-state index in [2.05, 4.69) is 25.9 Å². The first-order valence-corrected chi connectivity index (χ1v) is 9.29. The van der Waals surface area contributed by atoms with Gasteiger partial charge in [-0.1, -0.05) is 17.3 Å². The van der Waals surface area contributed by atoms with Gasteiger partial charge in [0.15, 0.2) is 5.69 Å². The minimum atomic E-state index is -0.197. The van der Waals surface area contributed by atoms with E-state index >= 15 is 0 Å². The summed E-state index contributed by atoms with van der Waals surface area (Å²) in [6.07, 6.45) is 2.02. The summed E-state index contributed by atoms with van der Waals surface area (Å²) in [6.45, 7) is 4.26. The van der Waals surface area contributed by atoms with E-state index in [1.807, 2.05) is 35.9 Å². The smallest absolute Gasteiger partial charge is 0.274 e. The minimum absolute atomic E-state index is 0.197.